The van der Waals surface area contributed by atoms with Crippen LogP contribution in [0.5, 0.6) is 5.75 Å². The minimum absolute atomic E-state index is 0.0842. The van der Waals surface area contributed by atoms with Crippen LogP contribution in [0, 0.1) is 5.82 Å². The lowest BCUT2D eigenvalue weighted by Gasteiger charge is -2.15. The molecule has 5 heteroatoms. The molecule has 0 aliphatic rings. The molecule has 0 saturated carbocycles. The van der Waals surface area contributed by atoms with Crippen molar-refractivity contribution in [1.82, 2.24) is 5.32 Å². The summed E-state index contributed by atoms with van der Waals surface area (Å²) in [5, 5.41) is 2.78. The van der Waals surface area contributed by atoms with E-state index >= 15 is 0 Å². The maximum Gasteiger partial charge on any atom is 0.258 e. The quantitative estimate of drug-likeness (QED) is 0.729. The van der Waals surface area contributed by atoms with Gasteiger partial charge in [0, 0.05) is 12.1 Å². The summed E-state index contributed by atoms with van der Waals surface area (Å²) in [4.78, 5) is 13.4. The molecule has 2 aromatic rings. The van der Waals surface area contributed by atoms with E-state index < -0.39 is 5.82 Å². The average Bonchev–Trinajstić information content (AvgIpc) is 2.64. The molecule has 2 aromatic carbocycles. The van der Waals surface area contributed by atoms with Crippen molar-refractivity contribution in [3.63, 3.8) is 0 Å². The van der Waals surface area contributed by atoms with Crippen LogP contribution in [0.2, 0.25) is 0 Å². The lowest BCUT2D eigenvalue weighted by Crippen LogP contribution is -3.10. The van der Waals surface area contributed by atoms with Gasteiger partial charge >= 0.3 is 0 Å². The fourth-order valence-corrected chi connectivity index (χ4v) is 2.52. The number of para-hydroxylation sites is 1. The summed E-state index contributed by atoms with van der Waals surface area (Å²) in [7, 11) is 0. The van der Waals surface area contributed by atoms with E-state index in [1.54, 1.807) is 12.1 Å². The molecule has 0 saturated heterocycles. The maximum atomic E-state index is 13.4. The Morgan fingerprint density at radius 2 is 1.68 bits per heavy atom. The first-order chi connectivity index (χ1) is 12.1. The Hall–Kier alpha value is -2.40. The molecule has 1 amide bonds. The first-order valence-corrected chi connectivity index (χ1v) is 8.67. The number of amides is 1. The van der Waals surface area contributed by atoms with Crippen molar-refractivity contribution in [3.8, 4) is 5.75 Å². The number of halogens is 1. The van der Waals surface area contributed by atoms with Crippen LogP contribution >= 0.6 is 0 Å². The number of hydrogen-bond donors (Lipinski definition) is 2. The average molecular weight is 345 g/mol. The highest BCUT2D eigenvalue weighted by Gasteiger charge is 2.07. The topological polar surface area (TPSA) is 42.8 Å². The second kappa shape index (κ2) is 9.79. The molecule has 0 aromatic heterocycles. The van der Waals surface area contributed by atoms with E-state index in [2.05, 4.69) is 31.3 Å². The van der Waals surface area contributed by atoms with Gasteiger partial charge in [-0.25, -0.2) is 4.39 Å². The number of ether oxygens (including phenoxy) is 1. The molecule has 0 heterocycles. The van der Waals surface area contributed by atoms with Crippen LogP contribution in [0.1, 0.15) is 25.0 Å². The number of nitrogens with one attached hydrogen (secondary N) is 2. The Morgan fingerprint density at radius 3 is 2.32 bits per heavy atom. The van der Waals surface area contributed by atoms with E-state index in [1.165, 1.54) is 22.6 Å². The summed E-state index contributed by atoms with van der Waals surface area (Å²) in [5.41, 5.74) is 2.31. The molecule has 0 radical (unpaired) electrons. The Morgan fingerprint density at radius 1 is 1.04 bits per heavy atom. The predicted molar refractivity (Wildman–Crippen MR) is 95.9 cm³/mol. The molecule has 2 rings (SSSR count). The molecule has 0 aliphatic heterocycles. The summed E-state index contributed by atoms with van der Waals surface area (Å²) >= 11 is 0. The number of carbonyl (C=O) groups excluding carboxylic acids is 1. The van der Waals surface area contributed by atoms with Crippen molar-refractivity contribution in [2.45, 2.75) is 26.9 Å². The van der Waals surface area contributed by atoms with E-state index in [9.17, 15) is 9.18 Å². The Balaban J connectivity index is 1.77. The third-order valence-electron chi connectivity index (χ3n) is 4.16. The van der Waals surface area contributed by atoms with Crippen LogP contribution in [0.3, 0.4) is 0 Å². The van der Waals surface area contributed by atoms with E-state index in [4.69, 9.17) is 4.74 Å². The minimum Gasteiger partial charge on any atom is -0.481 e. The SMILES string of the molecule is CC[NH+](CC)Cc1ccc(CNC(=O)COc2ccccc2F)cc1. The molecular weight excluding hydrogens is 319 g/mol. The number of quaternary nitrogens is 1. The standard InChI is InChI=1S/C20H25FN2O2/c1-3-23(4-2)14-17-11-9-16(10-12-17)13-22-20(24)15-25-19-8-6-5-7-18(19)21/h5-12H,3-4,13-15H2,1-2H3,(H,22,24)/p+1. The van der Waals surface area contributed by atoms with Crippen molar-refractivity contribution in [3.05, 3.63) is 65.5 Å². The van der Waals surface area contributed by atoms with Gasteiger partial charge in [0.15, 0.2) is 18.2 Å². The molecule has 2 N–H and O–H groups in total. The highest BCUT2D eigenvalue weighted by Crippen LogP contribution is 2.14. The smallest absolute Gasteiger partial charge is 0.258 e. The van der Waals surface area contributed by atoms with Crippen molar-refractivity contribution in [2.75, 3.05) is 19.7 Å². The summed E-state index contributed by atoms with van der Waals surface area (Å²) in [6.45, 7) is 7.82. The van der Waals surface area contributed by atoms with E-state index in [-0.39, 0.29) is 18.3 Å². The predicted octanol–water partition coefficient (Wildman–Crippen LogP) is 1.95. The Bertz CT molecular complexity index is 670. The van der Waals surface area contributed by atoms with Gasteiger partial charge in [-0.15, -0.1) is 0 Å². The largest absolute Gasteiger partial charge is 0.481 e. The molecule has 4 nitrogen and oxygen atoms in total. The zero-order chi connectivity index (χ0) is 18.1. The number of carbonyl (C=O) groups is 1. The maximum absolute atomic E-state index is 13.4. The fraction of sp³-hybridized carbons (Fsp3) is 0.350. The summed E-state index contributed by atoms with van der Waals surface area (Å²) in [6.07, 6.45) is 0. The zero-order valence-corrected chi connectivity index (χ0v) is 14.8. The van der Waals surface area contributed by atoms with Gasteiger partial charge in [-0.3, -0.25) is 4.79 Å². The molecular formula is C20H26FN2O2+. The van der Waals surface area contributed by atoms with Crippen molar-refractivity contribution in [1.29, 1.82) is 0 Å². The molecule has 0 spiro atoms. The van der Waals surface area contributed by atoms with E-state index in [0.29, 0.717) is 6.54 Å². The van der Waals surface area contributed by atoms with Gasteiger partial charge in [0.2, 0.25) is 0 Å². The van der Waals surface area contributed by atoms with Crippen LogP contribution in [-0.4, -0.2) is 25.6 Å². The number of benzene rings is 2. The van der Waals surface area contributed by atoms with Crippen molar-refractivity contribution < 1.29 is 18.8 Å². The first kappa shape index (κ1) is 18.9. The second-order valence-corrected chi connectivity index (χ2v) is 5.95. The first-order valence-electron chi connectivity index (χ1n) is 8.67. The molecule has 0 atom stereocenters. The van der Waals surface area contributed by atoms with Crippen molar-refractivity contribution >= 4 is 5.91 Å². The van der Waals surface area contributed by atoms with E-state index in [1.807, 2.05) is 12.1 Å². The third kappa shape index (κ3) is 6.19. The molecule has 0 aliphatic carbocycles. The van der Waals surface area contributed by atoms with Crippen LogP contribution in [0.25, 0.3) is 0 Å². The van der Waals surface area contributed by atoms with Gasteiger partial charge in [0.05, 0.1) is 13.1 Å². The van der Waals surface area contributed by atoms with Gasteiger partial charge in [-0.05, 0) is 31.5 Å². The molecule has 25 heavy (non-hydrogen) atoms. The van der Waals surface area contributed by atoms with Gasteiger partial charge in [0.25, 0.3) is 5.91 Å². The molecule has 0 unspecified atom stereocenters. The Kier molecular flexibility index (Phi) is 7.41. The fourth-order valence-electron chi connectivity index (χ4n) is 2.52. The number of rotatable bonds is 9. The summed E-state index contributed by atoms with van der Waals surface area (Å²) < 4.78 is 18.6. The molecule has 0 fully saturated rings. The Labute approximate surface area is 148 Å². The second-order valence-electron chi connectivity index (χ2n) is 5.95. The molecule has 0 bridgehead atoms. The number of hydrogen-bond acceptors (Lipinski definition) is 2. The molecule has 134 valence electrons. The van der Waals surface area contributed by atoms with Gasteiger partial charge in [0.1, 0.15) is 6.54 Å². The summed E-state index contributed by atoms with van der Waals surface area (Å²) in [6, 6.07) is 14.3. The highest BCUT2D eigenvalue weighted by molar-refractivity contribution is 5.77. The van der Waals surface area contributed by atoms with Crippen LogP contribution in [0.4, 0.5) is 4.39 Å². The minimum atomic E-state index is -0.471. The van der Waals surface area contributed by atoms with Crippen LogP contribution in [0.15, 0.2) is 48.5 Å². The van der Waals surface area contributed by atoms with Gasteiger partial charge in [-0.1, -0.05) is 36.4 Å². The summed E-state index contributed by atoms with van der Waals surface area (Å²) in [5.74, 6) is -0.665. The van der Waals surface area contributed by atoms with Crippen molar-refractivity contribution in [2.24, 2.45) is 0 Å². The van der Waals surface area contributed by atoms with Crippen LogP contribution in [-0.2, 0) is 17.9 Å². The normalized spacial score (nSPS) is 10.7. The third-order valence-corrected chi connectivity index (χ3v) is 4.16. The van der Waals surface area contributed by atoms with E-state index in [0.717, 1.165) is 25.2 Å². The van der Waals surface area contributed by atoms with Gasteiger partial charge < -0.3 is 15.0 Å². The lowest BCUT2D eigenvalue weighted by atomic mass is 10.1. The highest BCUT2D eigenvalue weighted by atomic mass is 19.1. The van der Waals surface area contributed by atoms with Gasteiger partial charge in [-0.2, -0.15) is 0 Å². The zero-order valence-electron chi connectivity index (χ0n) is 14.8. The lowest BCUT2D eigenvalue weighted by molar-refractivity contribution is -0.910. The monoisotopic (exact) mass is 345 g/mol. The van der Waals surface area contributed by atoms with Crippen LogP contribution < -0.4 is 15.0 Å².